The van der Waals surface area contributed by atoms with E-state index < -0.39 is 60.1 Å². The van der Waals surface area contributed by atoms with Crippen molar-refractivity contribution in [1.29, 1.82) is 0 Å². The SMILES string of the molecule is CC[C@H](C)[C@H](NC(=O)C[C@H](O)[C@H](Cc1ccccc1)NC(=O)OC(C)(C)C)C(=O)NC(C(=O)O)C(C)CCc1ccccc1. The van der Waals surface area contributed by atoms with Gasteiger partial charge in [0.2, 0.25) is 11.8 Å². The van der Waals surface area contributed by atoms with Gasteiger partial charge in [-0.25, -0.2) is 9.59 Å². The maximum Gasteiger partial charge on any atom is 0.407 e. The number of alkyl carbamates (subject to hydrolysis) is 1. The molecule has 44 heavy (non-hydrogen) atoms. The van der Waals surface area contributed by atoms with Crippen molar-refractivity contribution in [3.05, 3.63) is 71.8 Å². The largest absolute Gasteiger partial charge is 0.480 e. The lowest BCUT2D eigenvalue weighted by Crippen LogP contribution is -2.56. The van der Waals surface area contributed by atoms with E-state index in [4.69, 9.17) is 4.74 Å². The number of nitrogens with one attached hydrogen (secondary N) is 3. The highest BCUT2D eigenvalue weighted by molar-refractivity contribution is 5.90. The number of aryl methyl sites for hydroxylation is 1. The second-order valence-corrected chi connectivity index (χ2v) is 12.5. The molecule has 0 saturated carbocycles. The van der Waals surface area contributed by atoms with Gasteiger partial charge in [-0.3, -0.25) is 9.59 Å². The second kappa shape index (κ2) is 17.4. The van der Waals surface area contributed by atoms with E-state index in [0.717, 1.165) is 11.1 Å². The van der Waals surface area contributed by atoms with E-state index in [9.17, 15) is 29.4 Å². The number of aliphatic carboxylic acids is 1. The van der Waals surface area contributed by atoms with Crippen molar-refractivity contribution in [1.82, 2.24) is 16.0 Å². The quantitative estimate of drug-likeness (QED) is 0.190. The van der Waals surface area contributed by atoms with Gasteiger partial charge in [-0.1, -0.05) is 87.9 Å². The molecule has 0 aromatic heterocycles. The van der Waals surface area contributed by atoms with Crippen LogP contribution in [0.15, 0.2) is 60.7 Å². The lowest BCUT2D eigenvalue weighted by molar-refractivity contribution is -0.144. The molecule has 2 unspecified atom stereocenters. The predicted molar refractivity (Wildman–Crippen MR) is 169 cm³/mol. The van der Waals surface area contributed by atoms with Crippen LogP contribution in [-0.4, -0.2) is 63.9 Å². The van der Waals surface area contributed by atoms with Crippen LogP contribution in [0.3, 0.4) is 0 Å². The second-order valence-electron chi connectivity index (χ2n) is 12.5. The standard InChI is InChI=1S/C34H49N3O7/c1-7-22(2)29(31(40)37-30(32(41)42)23(3)18-19-24-14-10-8-11-15-24)36-28(39)21-27(38)26(20-25-16-12-9-13-17-25)35-33(43)44-34(4,5)6/h8-17,22-23,26-27,29-30,38H,7,18-21H2,1-6H3,(H,35,43)(H,36,39)(H,37,40)(H,41,42)/t22-,23?,26-,27-,29-,30?/m0/s1. The molecule has 6 atom stereocenters. The number of carboxylic acids is 1. The number of carbonyl (C=O) groups is 4. The molecule has 10 nitrogen and oxygen atoms in total. The minimum absolute atomic E-state index is 0.241. The minimum atomic E-state index is -1.30. The molecule has 0 aliphatic heterocycles. The molecule has 10 heteroatoms. The van der Waals surface area contributed by atoms with E-state index >= 15 is 0 Å². The highest BCUT2D eigenvalue weighted by Gasteiger charge is 2.33. The van der Waals surface area contributed by atoms with Gasteiger partial charge in [0.25, 0.3) is 0 Å². The summed E-state index contributed by atoms with van der Waals surface area (Å²) in [4.78, 5) is 51.2. The zero-order valence-corrected chi connectivity index (χ0v) is 26.7. The maximum atomic E-state index is 13.4. The average molecular weight is 612 g/mol. The van der Waals surface area contributed by atoms with Gasteiger partial charge in [-0.15, -0.1) is 0 Å². The van der Waals surface area contributed by atoms with Crippen molar-refractivity contribution in [3.8, 4) is 0 Å². The molecule has 2 aromatic carbocycles. The summed E-state index contributed by atoms with van der Waals surface area (Å²) in [6.07, 6.45) is -0.440. The topological polar surface area (TPSA) is 154 Å². The molecular weight excluding hydrogens is 562 g/mol. The van der Waals surface area contributed by atoms with E-state index in [-0.39, 0.29) is 18.3 Å². The Hall–Kier alpha value is -3.92. The van der Waals surface area contributed by atoms with E-state index in [1.165, 1.54) is 0 Å². The van der Waals surface area contributed by atoms with Gasteiger partial charge in [-0.2, -0.15) is 0 Å². The fraction of sp³-hybridized carbons (Fsp3) is 0.529. The molecule has 0 saturated heterocycles. The number of aliphatic hydroxyl groups is 1. The Morgan fingerprint density at radius 1 is 0.818 bits per heavy atom. The number of hydrogen-bond donors (Lipinski definition) is 5. The average Bonchev–Trinajstić information content (AvgIpc) is 2.96. The first kappa shape index (κ1) is 36.3. The Bertz CT molecular complexity index is 1200. The molecule has 0 bridgehead atoms. The fourth-order valence-electron chi connectivity index (χ4n) is 4.77. The number of carboxylic acid groups (broad SMARTS) is 1. The summed E-state index contributed by atoms with van der Waals surface area (Å²) in [6.45, 7) is 10.6. The smallest absolute Gasteiger partial charge is 0.407 e. The lowest BCUT2D eigenvalue weighted by Gasteiger charge is -2.29. The van der Waals surface area contributed by atoms with Crippen LogP contribution >= 0.6 is 0 Å². The number of carbonyl (C=O) groups excluding carboxylic acids is 3. The molecule has 0 radical (unpaired) electrons. The Morgan fingerprint density at radius 3 is 1.91 bits per heavy atom. The third-order valence-corrected chi connectivity index (χ3v) is 7.54. The minimum Gasteiger partial charge on any atom is -0.480 e. The van der Waals surface area contributed by atoms with E-state index in [1.807, 2.05) is 67.6 Å². The van der Waals surface area contributed by atoms with Gasteiger partial charge in [0.15, 0.2) is 0 Å². The van der Waals surface area contributed by atoms with Gasteiger partial charge in [0.05, 0.1) is 18.6 Å². The van der Waals surface area contributed by atoms with Crippen LogP contribution in [0.4, 0.5) is 4.79 Å². The zero-order valence-electron chi connectivity index (χ0n) is 26.7. The third-order valence-electron chi connectivity index (χ3n) is 7.54. The summed E-state index contributed by atoms with van der Waals surface area (Å²) in [5, 5.41) is 29.0. The first-order chi connectivity index (χ1) is 20.7. The highest BCUT2D eigenvalue weighted by Crippen LogP contribution is 2.17. The van der Waals surface area contributed by atoms with Crippen LogP contribution in [0.2, 0.25) is 0 Å². The van der Waals surface area contributed by atoms with Crippen molar-refractivity contribution in [2.45, 2.75) is 103 Å². The third kappa shape index (κ3) is 12.8. The van der Waals surface area contributed by atoms with Crippen molar-refractivity contribution >= 4 is 23.9 Å². The monoisotopic (exact) mass is 611 g/mol. The van der Waals surface area contributed by atoms with Crippen molar-refractivity contribution in [2.24, 2.45) is 11.8 Å². The highest BCUT2D eigenvalue weighted by atomic mass is 16.6. The summed E-state index contributed by atoms with van der Waals surface area (Å²) in [5.41, 5.74) is 1.16. The van der Waals surface area contributed by atoms with E-state index in [0.29, 0.717) is 19.3 Å². The van der Waals surface area contributed by atoms with Gasteiger partial charge in [0, 0.05) is 0 Å². The Kier molecular flexibility index (Phi) is 14.3. The number of aliphatic hydroxyl groups excluding tert-OH is 1. The normalized spacial score (nSPS) is 15.5. The fourth-order valence-corrected chi connectivity index (χ4v) is 4.77. The summed E-state index contributed by atoms with van der Waals surface area (Å²) < 4.78 is 5.36. The van der Waals surface area contributed by atoms with Crippen LogP contribution in [0, 0.1) is 11.8 Å². The Morgan fingerprint density at radius 2 is 1.39 bits per heavy atom. The molecular formula is C34H49N3O7. The number of amides is 3. The summed E-state index contributed by atoms with van der Waals surface area (Å²) in [7, 11) is 0. The van der Waals surface area contributed by atoms with Crippen LogP contribution < -0.4 is 16.0 Å². The predicted octanol–water partition coefficient (Wildman–Crippen LogP) is 4.24. The molecule has 0 spiro atoms. The molecule has 0 aliphatic rings. The first-order valence-corrected chi connectivity index (χ1v) is 15.3. The summed E-state index contributed by atoms with van der Waals surface area (Å²) in [6, 6.07) is 15.9. The summed E-state index contributed by atoms with van der Waals surface area (Å²) in [5.74, 6) is -3.05. The molecule has 0 fully saturated rings. The van der Waals surface area contributed by atoms with Gasteiger partial charge in [0.1, 0.15) is 17.7 Å². The van der Waals surface area contributed by atoms with Gasteiger partial charge < -0.3 is 30.9 Å². The maximum absolute atomic E-state index is 13.4. The number of hydrogen-bond acceptors (Lipinski definition) is 6. The van der Waals surface area contributed by atoms with Crippen LogP contribution in [0.5, 0.6) is 0 Å². The molecule has 2 aromatic rings. The Balaban J connectivity index is 2.11. The van der Waals surface area contributed by atoms with Gasteiger partial charge in [-0.05, 0) is 63.0 Å². The molecule has 5 N–H and O–H groups in total. The van der Waals surface area contributed by atoms with Crippen LogP contribution in [0.25, 0.3) is 0 Å². The van der Waals surface area contributed by atoms with Crippen molar-refractivity contribution in [3.63, 3.8) is 0 Å². The van der Waals surface area contributed by atoms with Crippen molar-refractivity contribution < 1.29 is 34.1 Å². The zero-order chi connectivity index (χ0) is 32.9. The molecule has 0 aliphatic carbocycles. The first-order valence-electron chi connectivity index (χ1n) is 15.3. The number of rotatable bonds is 16. The molecule has 2 rings (SSSR count). The Labute approximate surface area is 261 Å². The van der Waals surface area contributed by atoms with Gasteiger partial charge >= 0.3 is 12.1 Å². The van der Waals surface area contributed by atoms with E-state index in [1.54, 1.807) is 34.6 Å². The molecule has 242 valence electrons. The van der Waals surface area contributed by atoms with E-state index in [2.05, 4.69) is 16.0 Å². The lowest BCUT2D eigenvalue weighted by atomic mass is 9.92. The van der Waals surface area contributed by atoms with Crippen molar-refractivity contribution in [2.75, 3.05) is 0 Å². The number of ether oxygens (including phenoxy) is 1. The van der Waals surface area contributed by atoms with Crippen LogP contribution in [0.1, 0.15) is 71.9 Å². The molecule has 0 heterocycles. The molecule has 3 amide bonds. The number of benzene rings is 2. The summed E-state index contributed by atoms with van der Waals surface area (Å²) >= 11 is 0. The van der Waals surface area contributed by atoms with Crippen LogP contribution in [-0.2, 0) is 32.0 Å².